The number of carbonyl (C=O) groups excluding carboxylic acids is 1. The van der Waals surface area contributed by atoms with E-state index in [2.05, 4.69) is 15.9 Å². The predicted octanol–water partition coefficient (Wildman–Crippen LogP) is 5.06. The summed E-state index contributed by atoms with van der Waals surface area (Å²) < 4.78 is 14.0. The van der Waals surface area contributed by atoms with Gasteiger partial charge in [-0.3, -0.25) is 4.79 Å². The average Bonchev–Trinajstić information content (AvgIpc) is 2.39. The molecule has 0 aliphatic carbocycles. The van der Waals surface area contributed by atoms with Gasteiger partial charge in [-0.15, -0.1) is 0 Å². The fourth-order valence-electron chi connectivity index (χ4n) is 1.76. The van der Waals surface area contributed by atoms with Crippen molar-refractivity contribution in [2.45, 2.75) is 12.8 Å². The summed E-state index contributed by atoms with van der Waals surface area (Å²) in [7, 11) is 0. The van der Waals surface area contributed by atoms with Crippen LogP contribution in [0, 0.1) is 5.82 Å². The van der Waals surface area contributed by atoms with E-state index in [1.165, 1.54) is 18.2 Å². The lowest BCUT2D eigenvalue weighted by Gasteiger charge is -2.03. The maximum Gasteiger partial charge on any atom is 0.163 e. The zero-order valence-electron chi connectivity index (χ0n) is 10.00. The Kier molecular flexibility index (Phi) is 4.72. The summed E-state index contributed by atoms with van der Waals surface area (Å²) >= 11 is 9.05. The Balaban J connectivity index is 2.03. The number of hydrogen-bond donors (Lipinski definition) is 0. The van der Waals surface area contributed by atoms with Gasteiger partial charge in [-0.05, 0) is 42.3 Å². The molecule has 0 aromatic heterocycles. The van der Waals surface area contributed by atoms with Crippen molar-refractivity contribution < 1.29 is 9.18 Å². The number of hydrogen-bond acceptors (Lipinski definition) is 1. The van der Waals surface area contributed by atoms with Gasteiger partial charge >= 0.3 is 0 Å². The van der Waals surface area contributed by atoms with Gasteiger partial charge in [0, 0.05) is 16.5 Å². The Morgan fingerprint density at radius 2 is 2.00 bits per heavy atom. The van der Waals surface area contributed by atoms with E-state index in [0.29, 0.717) is 18.4 Å². The molecule has 98 valence electrons. The lowest BCUT2D eigenvalue weighted by molar-refractivity contribution is 0.0983. The second kappa shape index (κ2) is 6.31. The van der Waals surface area contributed by atoms with E-state index in [1.54, 1.807) is 0 Å². The summed E-state index contributed by atoms with van der Waals surface area (Å²) in [6, 6.07) is 11.9. The van der Waals surface area contributed by atoms with E-state index in [0.717, 1.165) is 10.0 Å². The predicted molar refractivity (Wildman–Crippen MR) is 78.2 cm³/mol. The second-order valence-electron chi connectivity index (χ2n) is 4.18. The third kappa shape index (κ3) is 3.88. The highest BCUT2D eigenvalue weighted by molar-refractivity contribution is 9.10. The molecule has 0 atom stereocenters. The number of aryl methyl sites for hydroxylation is 1. The van der Waals surface area contributed by atoms with E-state index >= 15 is 0 Å². The van der Waals surface area contributed by atoms with E-state index in [9.17, 15) is 9.18 Å². The van der Waals surface area contributed by atoms with Gasteiger partial charge in [-0.1, -0.05) is 39.7 Å². The molecule has 0 aliphatic rings. The van der Waals surface area contributed by atoms with Crippen LogP contribution in [0.5, 0.6) is 0 Å². The maximum absolute atomic E-state index is 13.0. The van der Waals surface area contributed by atoms with E-state index in [4.69, 9.17) is 11.6 Å². The molecule has 19 heavy (non-hydrogen) atoms. The van der Waals surface area contributed by atoms with Crippen molar-refractivity contribution >= 4 is 33.3 Å². The Hall–Kier alpha value is -1.19. The molecule has 0 radical (unpaired) electrons. The molecule has 0 heterocycles. The molecule has 0 amide bonds. The maximum atomic E-state index is 13.0. The van der Waals surface area contributed by atoms with Crippen molar-refractivity contribution in [1.29, 1.82) is 0 Å². The van der Waals surface area contributed by atoms with E-state index < -0.39 is 5.82 Å². The molecule has 0 unspecified atom stereocenters. The Morgan fingerprint density at radius 1 is 1.21 bits per heavy atom. The van der Waals surface area contributed by atoms with Crippen LogP contribution in [0.15, 0.2) is 46.9 Å². The molecule has 0 saturated heterocycles. The van der Waals surface area contributed by atoms with Crippen LogP contribution in [0.25, 0.3) is 0 Å². The molecule has 0 aliphatic heterocycles. The zero-order chi connectivity index (χ0) is 13.8. The highest BCUT2D eigenvalue weighted by Crippen LogP contribution is 2.18. The number of ketones is 1. The van der Waals surface area contributed by atoms with Crippen molar-refractivity contribution in [3.63, 3.8) is 0 Å². The molecule has 0 bridgehead atoms. The monoisotopic (exact) mass is 340 g/mol. The first-order chi connectivity index (χ1) is 9.06. The van der Waals surface area contributed by atoms with Crippen LogP contribution in [0.1, 0.15) is 22.3 Å². The fourth-order valence-corrected chi connectivity index (χ4v) is 2.39. The largest absolute Gasteiger partial charge is 0.294 e. The zero-order valence-corrected chi connectivity index (χ0v) is 12.3. The van der Waals surface area contributed by atoms with Gasteiger partial charge < -0.3 is 0 Å². The molecule has 0 saturated carbocycles. The lowest BCUT2D eigenvalue weighted by atomic mass is 10.0. The highest BCUT2D eigenvalue weighted by Gasteiger charge is 2.09. The summed E-state index contributed by atoms with van der Waals surface area (Å²) in [5, 5.41) is -0.0201. The molecular weight excluding hydrogens is 331 g/mol. The van der Waals surface area contributed by atoms with Crippen LogP contribution in [0.2, 0.25) is 5.02 Å². The average molecular weight is 342 g/mol. The highest BCUT2D eigenvalue weighted by atomic mass is 79.9. The first kappa shape index (κ1) is 14.2. The smallest absolute Gasteiger partial charge is 0.163 e. The molecule has 2 aromatic rings. The number of halogens is 3. The Bertz CT molecular complexity index is 613. The van der Waals surface area contributed by atoms with Gasteiger partial charge in [0.25, 0.3) is 0 Å². The van der Waals surface area contributed by atoms with Crippen LogP contribution in [0.3, 0.4) is 0 Å². The normalized spacial score (nSPS) is 10.5. The summed E-state index contributed by atoms with van der Waals surface area (Å²) in [4.78, 5) is 12.0. The van der Waals surface area contributed by atoms with Gasteiger partial charge in [0.2, 0.25) is 0 Å². The van der Waals surface area contributed by atoms with Gasteiger partial charge in [0.15, 0.2) is 5.78 Å². The third-order valence-corrected chi connectivity index (χ3v) is 3.55. The van der Waals surface area contributed by atoms with E-state index in [1.807, 2.05) is 24.3 Å². The molecule has 0 fully saturated rings. The minimum atomic E-state index is -0.509. The van der Waals surface area contributed by atoms with Crippen LogP contribution in [0.4, 0.5) is 4.39 Å². The first-order valence-electron chi connectivity index (χ1n) is 5.79. The summed E-state index contributed by atoms with van der Waals surface area (Å²) in [6.07, 6.45) is 1.02. The lowest BCUT2D eigenvalue weighted by Crippen LogP contribution is -2.01. The molecule has 4 heteroatoms. The Morgan fingerprint density at radius 3 is 2.68 bits per heavy atom. The summed E-state index contributed by atoms with van der Waals surface area (Å²) in [6.45, 7) is 0. The van der Waals surface area contributed by atoms with Crippen molar-refractivity contribution in [1.82, 2.24) is 0 Å². The van der Waals surface area contributed by atoms with Crippen molar-refractivity contribution in [3.8, 4) is 0 Å². The fraction of sp³-hybridized carbons (Fsp3) is 0.133. The minimum Gasteiger partial charge on any atom is -0.294 e. The van der Waals surface area contributed by atoms with Crippen LogP contribution in [-0.4, -0.2) is 5.78 Å². The Labute approximate surface area is 124 Å². The molecule has 1 nitrogen and oxygen atoms in total. The number of rotatable bonds is 4. The van der Waals surface area contributed by atoms with Gasteiger partial charge in [0.05, 0.1) is 5.02 Å². The SMILES string of the molecule is O=C(CCc1cccc(Br)c1)c1ccc(F)c(Cl)c1. The van der Waals surface area contributed by atoms with Crippen molar-refractivity contribution in [2.75, 3.05) is 0 Å². The van der Waals surface area contributed by atoms with Crippen molar-refractivity contribution in [3.05, 3.63) is 68.9 Å². The number of carbonyl (C=O) groups is 1. The van der Waals surface area contributed by atoms with Gasteiger partial charge in [-0.25, -0.2) is 4.39 Å². The number of benzene rings is 2. The topological polar surface area (TPSA) is 17.1 Å². The minimum absolute atomic E-state index is 0.0201. The second-order valence-corrected chi connectivity index (χ2v) is 5.50. The van der Waals surface area contributed by atoms with Gasteiger partial charge in [0.1, 0.15) is 5.82 Å². The standard InChI is InChI=1S/C15H11BrClFO/c16-12-3-1-2-10(8-12)4-7-15(19)11-5-6-14(18)13(17)9-11/h1-3,5-6,8-9H,4,7H2. The first-order valence-corrected chi connectivity index (χ1v) is 6.96. The summed E-state index contributed by atoms with van der Waals surface area (Å²) in [5.74, 6) is -0.549. The molecule has 2 aromatic carbocycles. The molecule has 0 N–H and O–H groups in total. The van der Waals surface area contributed by atoms with Gasteiger partial charge in [-0.2, -0.15) is 0 Å². The third-order valence-electron chi connectivity index (χ3n) is 2.77. The quantitative estimate of drug-likeness (QED) is 0.711. The molecule has 0 spiro atoms. The van der Waals surface area contributed by atoms with Crippen LogP contribution < -0.4 is 0 Å². The van der Waals surface area contributed by atoms with Crippen molar-refractivity contribution in [2.24, 2.45) is 0 Å². The number of Topliss-reactive ketones (excluding diaryl/α,β-unsaturated/α-hetero) is 1. The van der Waals surface area contributed by atoms with E-state index in [-0.39, 0.29) is 10.8 Å². The van der Waals surface area contributed by atoms with Crippen LogP contribution >= 0.6 is 27.5 Å². The summed E-state index contributed by atoms with van der Waals surface area (Å²) in [5.41, 5.74) is 1.53. The molecule has 2 rings (SSSR count). The molecular formula is C15H11BrClFO. The van der Waals surface area contributed by atoms with Crippen LogP contribution in [-0.2, 0) is 6.42 Å².